The van der Waals surface area contributed by atoms with Gasteiger partial charge in [0.1, 0.15) is 0 Å². The molecule has 20 heavy (non-hydrogen) atoms. The number of carboxylic acid groups (broad SMARTS) is 1. The minimum Gasteiger partial charge on any atom is -0.478 e. The van der Waals surface area contributed by atoms with Crippen LogP contribution < -0.4 is 0 Å². The van der Waals surface area contributed by atoms with Gasteiger partial charge in [-0.15, -0.1) is 0 Å². The number of rotatable bonds is 6. The standard InChI is InChI=1S/C16H19NO3/c1-17(15(18)10-13-5-6-13)11-14-4-2-3-12(9-14)7-8-16(19)20/h2-4,7-9,13H,5-6,10-11H2,1H3,(H,19,20). The van der Waals surface area contributed by atoms with Crippen molar-refractivity contribution in [2.75, 3.05) is 7.05 Å². The number of hydrogen-bond acceptors (Lipinski definition) is 2. The third-order valence-corrected chi connectivity index (χ3v) is 3.38. The van der Waals surface area contributed by atoms with Crippen LogP contribution in [-0.2, 0) is 16.1 Å². The van der Waals surface area contributed by atoms with Gasteiger partial charge in [0, 0.05) is 26.1 Å². The first-order valence-corrected chi connectivity index (χ1v) is 6.78. The van der Waals surface area contributed by atoms with Gasteiger partial charge < -0.3 is 10.0 Å². The zero-order valence-corrected chi connectivity index (χ0v) is 11.6. The minimum absolute atomic E-state index is 0.180. The average molecular weight is 273 g/mol. The number of benzene rings is 1. The Morgan fingerprint density at radius 1 is 1.40 bits per heavy atom. The summed E-state index contributed by atoms with van der Waals surface area (Å²) in [7, 11) is 1.81. The van der Waals surface area contributed by atoms with E-state index < -0.39 is 5.97 Å². The van der Waals surface area contributed by atoms with Crippen molar-refractivity contribution in [1.82, 2.24) is 4.90 Å². The molecule has 0 unspecified atom stereocenters. The summed E-state index contributed by atoms with van der Waals surface area (Å²) in [4.78, 5) is 24.2. The van der Waals surface area contributed by atoms with Crippen LogP contribution in [0.1, 0.15) is 30.4 Å². The predicted molar refractivity (Wildman–Crippen MR) is 76.9 cm³/mol. The maximum Gasteiger partial charge on any atom is 0.328 e. The zero-order chi connectivity index (χ0) is 14.5. The van der Waals surface area contributed by atoms with Crippen LogP contribution in [0.5, 0.6) is 0 Å². The molecule has 0 radical (unpaired) electrons. The van der Waals surface area contributed by atoms with Gasteiger partial charge in [0.15, 0.2) is 0 Å². The second-order valence-corrected chi connectivity index (χ2v) is 5.31. The Morgan fingerprint density at radius 3 is 2.80 bits per heavy atom. The summed E-state index contributed by atoms with van der Waals surface area (Å²) in [6, 6.07) is 7.56. The summed E-state index contributed by atoms with van der Waals surface area (Å²) < 4.78 is 0. The average Bonchev–Trinajstić information content (AvgIpc) is 3.20. The molecule has 1 amide bonds. The molecule has 1 aliphatic carbocycles. The van der Waals surface area contributed by atoms with Crippen molar-refractivity contribution < 1.29 is 14.7 Å². The second kappa shape index (κ2) is 6.37. The molecule has 106 valence electrons. The molecular formula is C16H19NO3. The number of carbonyl (C=O) groups is 2. The summed E-state index contributed by atoms with van der Waals surface area (Å²) >= 11 is 0. The van der Waals surface area contributed by atoms with Crippen LogP contribution in [0.25, 0.3) is 6.08 Å². The fraction of sp³-hybridized carbons (Fsp3) is 0.375. The highest BCUT2D eigenvalue weighted by Crippen LogP contribution is 2.32. The number of carboxylic acids is 1. The van der Waals surface area contributed by atoms with Crippen molar-refractivity contribution in [1.29, 1.82) is 0 Å². The highest BCUT2D eigenvalue weighted by Gasteiger charge is 2.25. The summed E-state index contributed by atoms with van der Waals surface area (Å²) in [5.41, 5.74) is 1.83. The van der Waals surface area contributed by atoms with E-state index in [0.717, 1.165) is 17.2 Å². The molecule has 1 aromatic carbocycles. The fourth-order valence-corrected chi connectivity index (χ4v) is 2.05. The first-order valence-electron chi connectivity index (χ1n) is 6.78. The van der Waals surface area contributed by atoms with Crippen molar-refractivity contribution in [2.24, 2.45) is 5.92 Å². The SMILES string of the molecule is CN(Cc1cccc(C=CC(=O)O)c1)C(=O)CC1CC1. The minimum atomic E-state index is -0.966. The first-order chi connectivity index (χ1) is 9.54. The largest absolute Gasteiger partial charge is 0.478 e. The monoisotopic (exact) mass is 273 g/mol. The number of nitrogens with zero attached hydrogens (tertiary/aromatic N) is 1. The Bertz CT molecular complexity index is 532. The van der Waals surface area contributed by atoms with Gasteiger partial charge in [-0.25, -0.2) is 4.79 Å². The van der Waals surface area contributed by atoms with E-state index in [9.17, 15) is 9.59 Å². The zero-order valence-electron chi connectivity index (χ0n) is 11.6. The van der Waals surface area contributed by atoms with Crippen molar-refractivity contribution in [3.05, 3.63) is 41.5 Å². The lowest BCUT2D eigenvalue weighted by Gasteiger charge is -2.17. The van der Waals surface area contributed by atoms with E-state index in [2.05, 4.69) is 0 Å². The van der Waals surface area contributed by atoms with Crippen LogP contribution in [0.3, 0.4) is 0 Å². The van der Waals surface area contributed by atoms with Gasteiger partial charge in [-0.05, 0) is 42.0 Å². The molecule has 1 N–H and O–H groups in total. The summed E-state index contributed by atoms with van der Waals surface area (Å²) in [6.45, 7) is 0.556. The Hall–Kier alpha value is -2.10. The van der Waals surface area contributed by atoms with E-state index in [1.165, 1.54) is 12.8 Å². The smallest absolute Gasteiger partial charge is 0.328 e. The number of carbonyl (C=O) groups excluding carboxylic acids is 1. The summed E-state index contributed by atoms with van der Waals surface area (Å²) in [5, 5.41) is 8.61. The van der Waals surface area contributed by atoms with Crippen molar-refractivity contribution in [3.63, 3.8) is 0 Å². The Morgan fingerprint density at radius 2 is 2.15 bits per heavy atom. The Labute approximate surface area is 118 Å². The second-order valence-electron chi connectivity index (χ2n) is 5.31. The van der Waals surface area contributed by atoms with Gasteiger partial charge in [-0.3, -0.25) is 4.79 Å². The first kappa shape index (κ1) is 14.3. The van der Waals surface area contributed by atoms with E-state index in [1.807, 2.05) is 31.3 Å². The fourth-order valence-electron chi connectivity index (χ4n) is 2.05. The highest BCUT2D eigenvalue weighted by molar-refractivity contribution is 5.85. The predicted octanol–water partition coefficient (Wildman–Crippen LogP) is 2.54. The normalized spacial score (nSPS) is 14.4. The topological polar surface area (TPSA) is 57.6 Å². The third kappa shape index (κ3) is 4.53. The Balaban J connectivity index is 1.95. The van der Waals surface area contributed by atoms with Crippen LogP contribution in [0.15, 0.2) is 30.3 Å². The van der Waals surface area contributed by atoms with Gasteiger partial charge in [0.2, 0.25) is 5.91 Å². The van der Waals surface area contributed by atoms with Crippen molar-refractivity contribution in [2.45, 2.75) is 25.8 Å². The molecule has 1 saturated carbocycles. The highest BCUT2D eigenvalue weighted by atomic mass is 16.4. The van der Waals surface area contributed by atoms with E-state index in [0.29, 0.717) is 18.9 Å². The molecule has 0 heterocycles. The molecule has 4 heteroatoms. The van der Waals surface area contributed by atoms with Crippen LogP contribution in [0.2, 0.25) is 0 Å². The molecule has 1 aliphatic rings. The Kier molecular flexibility index (Phi) is 4.56. The van der Waals surface area contributed by atoms with Gasteiger partial charge in [-0.2, -0.15) is 0 Å². The molecule has 1 fully saturated rings. The molecular weight excluding hydrogens is 254 g/mol. The lowest BCUT2D eigenvalue weighted by Crippen LogP contribution is -2.26. The van der Waals surface area contributed by atoms with Gasteiger partial charge in [0.05, 0.1) is 0 Å². The molecule has 2 rings (SSSR count). The molecule has 0 bridgehead atoms. The summed E-state index contributed by atoms with van der Waals surface area (Å²) in [5.74, 6) is -0.194. The number of amides is 1. The lowest BCUT2D eigenvalue weighted by molar-refractivity contribution is -0.132. The van der Waals surface area contributed by atoms with Crippen LogP contribution in [0.4, 0.5) is 0 Å². The van der Waals surface area contributed by atoms with E-state index in [1.54, 1.807) is 11.0 Å². The lowest BCUT2D eigenvalue weighted by atomic mass is 10.1. The van der Waals surface area contributed by atoms with Crippen LogP contribution >= 0.6 is 0 Å². The molecule has 0 spiro atoms. The molecule has 0 aromatic heterocycles. The quantitative estimate of drug-likeness (QED) is 0.810. The van der Waals surface area contributed by atoms with Crippen LogP contribution in [-0.4, -0.2) is 28.9 Å². The van der Waals surface area contributed by atoms with Crippen molar-refractivity contribution in [3.8, 4) is 0 Å². The van der Waals surface area contributed by atoms with Gasteiger partial charge in [0.25, 0.3) is 0 Å². The molecule has 0 aliphatic heterocycles. The summed E-state index contributed by atoms with van der Waals surface area (Å²) in [6.07, 6.45) is 5.66. The third-order valence-electron chi connectivity index (χ3n) is 3.38. The molecule has 0 atom stereocenters. The maximum absolute atomic E-state index is 11.9. The van der Waals surface area contributed by atoms with Gasteiger partial charge >= 0.3 is 5.97 Å². The van der Waals surface area contributed by atoms with E-state index in [4.69, 9.17) is 5.11 Å². The molecule has 0 saturated heterocycles. The molecule has 4 nitrogen and oxygen atoms in total. The van der Waals surface area contributed by atoms with E-state index >= 15 is 0 Å². The van der Waals surface area contributed by atoms with E-state index in [-0.39, 0.29) is 5.91 Å². The van der Waals surface area contributed by atoms with Gasteiger partial charge in [-0.1, -0.05) is 18.2 Å². The number of aliphatic carboxylic acids is 1. The maximum atomic E-state index is 11.9. The molecule has 1 aromatic rings. The van der Waals surface area contributed by atoms with Crippen molar-refractivity contribution >= 4 is 18.0 Å². The number of hydrogen-bond donors (Lipinski definition) is 1. The van der Waals surface area contributed by atoms with Crippen LogP contribution in [0, 0.1) is 5.92 Å².